The number of aromatic carboxylic acids is 1. The number of hydrogen-bond donors (Lipinski definition) is 2. The van der Waals surface area contributed by atoms with Gasteiger partial charge in [-0.25, -0.2) is 13.6 Å². The van der Waals surface area contributed by atoms with Gasteiger partial charge in [0.05, 0.1) is 11.7 Å². The van der Waals surface area contributed by atoms with E-state index in [0.717, 1.165) is 12.8 Å². The lowest BCUT2D eigenvalue weighted by Crippen LogP contribution is -2.09. The van der Waals surface area contributed by atoms with E-state index >= 15 is 0 Å². The van der Waals surface area contributed by atoms with Crippen LogP contribution < -0.4 is 0 Å². The summed E-state index contributed by atoms with van der Waals surface area (Å²) in [6.45, 7) is 3.67. The molecule has 5 heteroatoms. The van der Waals surface area contributed by atoms with Gasteiger partial charge in [0.15, 0.2) is 0 Å². The van der Waals surface area contributed by atoms with Crippen LogP contribution in [0.2, 0.25) is 0 Å². The Bertz CT molecular complexity index is 646. The standard InChI is InChI=1S/C27H44F2O3/c1-3-4-5-6-7-8-9-10-11-14-22(29)15-12-13-16-24-23(18-17-21(2)28)25(27(31)32)19-20-26(24)30/h19-22,30H,3-18H2,1-2H3,(H,31,32). The highest BCUT2D eigenvalue weighted by atomic mass is 19.1. The van der Waals surface area contributed by atoms with Crippen molar-refractivity contribution in [3.8, 4) is 5.75 Å². The molecule has 2 unspecified atom stereocenters. The normalized spacial score (nSPS) is 13.2. The first-order valence-corrected chi connectivity index (χ1v) is 12.7. The van der Waals surface area contributed by atoms with Crippen molar-refractivity contribution in [3.63, 3.8) is 0 Å². The maximum Gasteiger partial charge on any atom is 0.335 e. The van der Waals surface area contributed by atoms with E-state index in [1.807, 2.05) is 0 Å². The number of benzene rings is 1. The van der Waals surface area contributed by atoms with Crippen LogP contribution in [0.4, 0.5) is 8.78 Å². The summed E-state index contributed by atoms with van der Waals surface area (Å²) >= 11 is 0. The molecule has 184 valence electrons. The Kier molecular flexibility index (Phi) is 15.0. The summed E-state index contributed by atoms with van der Waals surface area (Å²) in [4.78, 5) is 11.5. The molecular formula is C27H44F2O3. The molecule has 0 spiro atoms. The Balaban J connectivity index is 2.34. The number of carboxylic acids is 1. The SMILES string of the molecule is CCCCCCCCCCCC(F)CCCCc1c(O)ccc(C(=O)O)c1CCC(C)F. The van der Waals surface area contributed by atoms with Crippen molar-refractivity contribution < 1.29 is 23.8 Å². The number of carboxylic acid groups (broad SMARTS) is 1. The molecule has 0 bridgehead atoms. The second kappa shape index (κ2) is 16.9. The summed E-state index contributed by atoms with van der Waals surface area (Å²) in [5.41, 5.74) is 1.19. The average Bonchev–Trinajstić information content (AvgIpc) is 2.74. The lowest BCUT2D eigenvalue weighted by molar-refractivity contribution is 0.0695. The third-order valence-electron chi connectivity index (χ3n) is 6.24. The molecular weight excluding hydrogens is 410 g/mol. The molecule has 0 saturated carbocycles. The number of halogens is 2. The number of hydrogen-bond acceptors (Lipinski definition) is 2. The molecule has 0 aliphatic heterocycles. The number of phenolic OH excluding ortho intramolecular Hbond substituents is 1. The first-order valence-electron chi connectivity index (χ1n) is 12.7. The van der Waals surface area contributed by atoms with Crippen molar-refractivity contribution in [2.75, 3.05) is 0 Å². The molecule has 0 aliphatic rings. The Labute approximate surface area is 193 Å². The number of aromatic hydroxyl groups is 1. The zero-order chi connectivity index (χ0) is 23.8. The zero-order valence-corrected chi connectivity index (χ0v) is 20.2. The fraction of sp³-hybridized carbons (Fsp3) is 0.741. The van der Waals surface area contributed by atoms with Crippen molar-refractivity contribution in [1.82, 2.24) is 0 Å². The summed E-state index contributed by atoms with van der Waals surface area (Å²) in [5.74, 6) is -1.03. The Morgan fingerprint density at radius 2 is 1.38 bits per heavy atom. The fourth-order valence-corrected chi connectivity index (χ4v) is 4.28. The van der Waals surface area contributed by atoms with E-state index in [1.54, 1.807) is 0 Å². The van der Waals surface area contributed by atoms with Crippen LogP contribution >= 0.6 is 0 Å². The number of phenols is 1. The van der Waals surface area contributed by atoms with Crippen molar-refractivity contribution in [3.05, 3.63) is 28.8 Å². The van der Waals surface area contributed by atoms with Crippen molar-refractivity contribution in [2.45, 2.75) is 129 Å². The lowest BCUT2D eigenvalue weighted by atomic mass is 9.91. The molecule has 0 saturated heterocycles. The van der Waals surface area contributed by atoms with E-state index < -0.39 is 18.3 Å². The monoisotopic (exact) mass is 454 g/mol. The van der Waals surface area contributed by atoms with E-state index in [1.165, 1.54) is 64.0 Å². The number of carbonyl (C=O) groups is 1. The van der Waals surface area contributed by atoms with Crippen LogP contribution in [-0.2, 0) is 12.8 Å². The summed E-state index contributed by atoms with van der Waals surface area (Å²) in [6.07, 6.45) is 12.6. The van der Waals surface area contributed by atoms with Gasteiger partial charge in [-0.2, -0.15) is 0 Å². The van der Waals surface area contributed by atoms with Crippen LogP contribution in [0.1, 0.15) is 125 Å². The van der Waals surface area contributed by atoms with Gasteiger partial charge in [0, 0.05) is 0 Å². The van der Waals surface area contributed by atoms with Crippen LogP contribution in [0.5, 0.6) is 5.75 Å². The molecule has 0 aliphatic carbocycles. The smallest absolute Gasteiger partial charge is 0.335 e. The first kappa shape index (κ1) is 28.4. The number of unbranched alkanes of at least 4 members (excludes halogenated alkanes) is 9. The third kappa shape index (κ3) is 11.8. The van der Waals surface area contributed by atoms with Gasteiger partial charge in [0.25, 0.3) is 0 Å². The largest absolute Gasteiger partial charge is 0.508 e. The zero-order valence-electron chi connectivity index (χ0n) is 20.2. The molecule has 3 nitrogen and oxygen atoms in total. The highest BCUT2D eigenvalue weighted by molar-refractivity contribution is 5.90. The minimum atomic E-state index is -1.07. The second-order valence-corrected chi connectivity index (χ2v) is 9.17. The number of rotatable bonds is 19. The van der Waals surface area contributed by atoms with Crippen molar-refractivity contribution >= 4 is 5.97 Å². The third-order valence-corrected chi connectivity index (χ3v) is 6.24. The van der Waals surface area contributed by atoms with Crippen molar-refractivity contribution in [2.24, 2.45) is 0 Å². The predicted octanol–water partition coefficient (Wildman–Crippen LogP) is 8.35. The molecule has 1 rings (SSSR count). The van der Waals surface area contributed by atoms with Gasteiger partial charge in [-0.15, -0.1) is 0 Å². The topological polar surface area (TPSA) is 57.5 Å². The summed E-state index contributed by atoms with van der Waals surface area (Å²) in [5, 5.41) is 19.7. The van der Waals surface area contributed by atoms with Crippen molar-refractivity contribution in [1.29, 1.82) is 0 Å². The number of alkyl halides is 2. The van der Waals surface area contributed by atoms with E-state index in [9.17, 15) is 23.8 Å². The molecule has 0 heterocycles. The van der Waals surface area contributed by atoms with Crippen LogP contribution in [0.25, 0.3) is 0 Å². The summed E-state index contributed by atoms with van der Waals surface area (Å²) in [7, 11) is 0. The van der Waals surface area contributed by atoms with Gasteiger partial charge in [0.2, 0.25) is 0 Å². The van der Waals surface area contributed by atoms with Crippen LogP contribution in [-0.4, -0.2) is 28.5 Å². The maximum absolute atomic E-state index is 14.2. The van der Waals surface area contributed by atoms with Crippen LogP contribution in [0.3, 0.4) is 0 Å². The van der Waals surface area contributed by atoms with E-state index in [2.05, 4.69) is 6.92 Å². The molecule has 2 atom stereocenters. The summed E-state index contributed by atoms with van der Waals surface area (Å²) < 4.78 is 27.5. The molecule has 1 aromatic rings. The maximum atomic E-state index is 14.2. The molecule has 2 N–H and O–H groups in total. The van der Waals surface area contributed by atoms with Gasteiger partial charge >= 0.3 is 5.97 Å². The minimum absolute atomic E-state index is 0.0444. The molecule has 0 radical (unpaired) electrons. The Morgan fingerprint density at radius 1 is 0.812 bits per heavy atom. The van der Waals surface area contributed by atoms with E-state index in [-0.39, 0.29) is 24.2 Å². The predicted molar refractivity (Wildman–Crippen MR) is 128 cm³/mol. The first-order chi connectivity index (χ1) is 15.4. The van der Waals surface area contributed by atoms with Gasteiger partial charge in [0.1, 0.15) is 11.9 Å². The lowest BCUT2D eigenvalue weighted by Gasteiger charge is -2.15. The van der Waals surface area contributed by atoms with E-state index in [4.69, 9.17) is 0 Å². The quantitative estimate of drug-likeness (QED) is 0.206. The fourth-order valence-electron chi connectivity index (χ4n) is 4.28. The van der Waals surface area contributed by atoms with Gasteiger partial charge in [-0.05, 0) is 68.7 Å². The van der Waals surface area contributed by atoms with Crippen LogP contribution in [0, 0.1) is 0 Å². The van der Waals surface area contributed by atoms with Gasteiger partial charge in [-0.1, -0.05) is 71.1 Å². The molecule has 1 aromatic carbocycles. The van der Waals surface area contributed by atoms with Crippen LogP contribution in [0.15, 0.2) is 12.1 Å². The Hall–Kier alpha value is -1.65. The molecule has 0 fully saturated rings. The Morgan fingerprint density at radius 3 is 1.94 bits per heavy atom. The highest BCUT2D eigenvalue weighted by Gasteiger charge is 2.18. The molecule has 0 aromatic heterocycles. The van der Waals surface area contributed by atoms with E-state index in [0.29, 0.717) is 43.2 Å². The summed E-state index contributed by atoms with van der Waals surface area (Å²) in [6, 6.07) is 2.77. The van der Waals surface area contributed by atoms with Gasteiger partial charge in [-0.3, -0.25) is 0 Å². The minimum Gasteiger partial charge on any atom is -0.508 e. The second-order valence-electron chi connectivity index (χ2n) is 9.17. The molecule has 0 amide bonds. The molecule has 32 heavy (non-hydrogen) atoms. The highest BCUT2D eigenvalue weighted by Crippen LogP contribution is 2.29. The average molecular weight is 455 g/mol. The van der Waals surface area contributed by atoms with Gasteiger partial charge < -0.3 is 10.2 Å².